The number of amides is 1. The first kappa shape index (κ1) is 18.9. The molecule has 0 aromatic heterocycles. The van der Waals surface area contributed by atoms with Crippen molar-refractivity contribution < 1.29 is 4.79 Å². The third-order valence-corrected chi connectivity index (χ3v) is 5.26. The number of hydrogen-bond donors (Lipinski definition) is 1. The minimum absolute atomic E-state index is 0.0295. The SMILES string of the molecule is Cc1ccc(C(=O)NC[C@@H](c2ccc(Cl)cc2)N2CCN(C)CC2)cc1. The molecule has 138 valence electrons. The molecule has 1 atom stereocenters. The minimum Gasteiger partial charge on any atom is -0.350 e. The van der Waals surface area contributed by atoms with Gasteiger partial charge >= 0.3 is 0 Å². The summed E-state index contributed by atoms with van der Waals surface area (Å²) in [6.07, 6.45) is 0. The summed E-state index contributed by atoms with van der Waals surface area (Å²) in [5.74, 6) is -0.0295. The molecule has 2 aromatic carbocycles. The topological polar surface area (TPSA) is 35.6 Å². The molecule has 0 saturated carbocycles. The van der Waals surface area contributed by atoms with Crippen LogP contribution in [0.25, 0.3) is 0 Å². The van der Waals surface area contributed by atoms with E-state index in [0.29, 0.717) is 12.1 Å². The number of hydrogen-bond acceptors (Lipinski definition) is 3. The highest BCUT2D eigenvalue weighted by Gasteiger charge is 2.24. The molecule has 3 rings (SSSR count). The van der Waals surface area contributed by atoms with Crippen molar-refractivity contribution in [2.45, 2.75) is 13.0 Å². The van der Waals surface area contributed by atoms with Gasteiger partial charge in [-0.15, -0.1) is 0 Å². The summed E-state index contributed by atoms with van der Waals surface area (Å²) in [6.45, 7) is 6.66. The van der Waals surface area contributed by atoms with Crippen molar-refractivity contribution in [2.75, 3.05) is 39.8 Å². The molecule has 1 amide bonds. The highest BCUT2D eigenvalue weighted by Crippen LogP contribution is 2.23. The lowest BCUT2D eigenvalue weighted by atomic mass is 10.0. The van der Waals surface area contributed by atoms with Crippen molar-refractivity contribution in [3.05, 3.63) is 70.2 Å². The van der Waals surface area contributed by atoms with Crippen LogP contribution in [0.3, 0.4) is 0 Å². The predicted octanol–water partition coefficient (Wildman–Crippen LogP) is 3.37. The molecule has 1 N–H and O–H groups in total. The van der Waals surface area contributed by atoms with Crippen LogP contribution in [-0.2, 0) is 0 Å². The fraction of sp³-hybridized carbons (Fsp3) is 0.381. The van der Waals surface area contributed by atoms with Gasteiger partial charge in [0.05, 0.1) is 6.04 Å². The molecule has 26 heavy (non-hydrogen) atoms. The van der Waals surface area contributed by atoms with Crippen LogP contribution in [0.1, 0.15) is 27.5 Å². The van der Waals surface area contributed by atoms with Crippen LogP contribution in [0.5, 0.6) is 0 Å². The van der Waals surface area contributed by atoms with E-state index in [1.165, 1.54) is 5.56 Å². The summed E-state index contributed by atoms with van der Waals surface area (Å²) in [5.41, 5.74) is 3.03. The van der Waals surface area contributed by atoms with E-state index in [-0.39, 0.29) is 11.9 Å². The lowest BCUT2D eigenvalue weighted by molar-refractivity contribution is 0.0886. The van der Waals surface area contributed by atoms with Crippen molar-refractivity contribution in [1.82, 2.24) is 15.1 Å². The Morgan fingerprint density at radius 2 is 1.65 bits per heavy atom. The molecule has 0 aliphatic carbocycles. The van der Waals surface area contributed by atoms with Crippen molar-refractivity contribution in [2.24, 2.45) is 0 Å². The van der Waals surface area contributed by atoms with E-state index in [9.17, 15) is 4.79 Å². The molecule has 1 aliphatic rings. The molecule has 1 saturated heterocycles. The number of piperazine rings is 1. The number of nitrogens with zero attached hydrogens (tertiary/aromatic N) is 2. The average molecular weight is 372 g/mol. The number of aryl methyl sites for hydroxylation is 1. The first-order valence-electron chi connectivity index (χ1n) is 9.06. The maximum Gasteiger partial charge on any atom is 0.251 e. The van der Waals surface area contributed by atoms with Gasteiger partial charge in [0.15, 0.2) is 0 Å². The molecule has 0 radical (unpaired) electrons. The average Bonchev–Trinajstić information content (AvgIpc) is 2.65. The van der Waals surface area contributed by atoms with E-state index in [4.69, 9.17) is 11.6 Å². The molecule has 1 heterocycles. The lowest BCUT2D eigenvalue weighted by Gasteiger charge is -2.38. The molecule has 2 aromatic rings. The normalized spacial score (nSPS) is 17.0. The summed E-state index contributed by atoms with van der Waals surface area (Å²) in [7, 11) is 2.15. The Kier molecular flexibility index (Phi) is 6.30. The van der Waals surface area contributed by atoms with Gasteiger partial charge in [0.1, 0.15) is 0 Å². The number of nitrogens with one attached hydrogen (secondary N) is 1. The van der Waals surface area contributed by atoms with E-state index < -0.39 is 0 Å². The largest absolute Gasteiger partial charge is 0.350 e. The summed E-state index contributed by atoms with van der Waals surface area (Å²) in [4.78, 5) is 17.3. The molecule has 5 heteroatoms. The van der Waals surface area contributed by atoms with Gasteiger partial charge < -0.3 is 10.2 Å². The molecular weight excluding hydrogens is 346 g/mol. The summed E-state index contributed by atoms with van der Waals surface area (Å²) in [5, 5.41) is 3.84. The quantitative estimate of drug-likeness (QED) is 0.875. The molecule has 0 bridgehead atoms. The van der Waals surface area contributed by atoms with Gasteiger partial charge in [-0.25, -0.2) is 0 Å². The highest BCUT2D eigenvalue weighted by molar-refractivity contribution is 6.30. The van der Waals surface area contributed by atoms with Gasteiger partial charge in [-0.2, -0.15) is 0 Å². The van der Waals surface area contributed by atoms with Crippen LogP contribution >= 0.6 is 11.6 Å². The second-order valence-electron chi connectivity index (χ2n) is 6.98. The number of likely N-dealkylation sites (N-methyl/N-ethyl adjacent to an activating group) is 1. The molecule has 1 fully saturated rings. The van der Waals surface area contributed by atoms with Crippen LogP contribution in [-0.4, -0.2) is 55.5 Å². The maximum atomic E-state index is 12.5. The van der Waals surface area contributed by atoms with Crippen LogP contribution in [0, 0.1) is 6.92 Å². The first-order chi connectivity index (χ1) is 12.5. The van der Waals surface area contributed by atoms with Gasteiger partial charge in [0.25, 0.3) is 5.91 Å². The van der Waals surface area contributed by atoms with Gasteiger partial charge in [-0.05, 0) is 43.8 Å². The van der Waals surface area contributed by atoms with E-state index in [1.807, 2.05) is 43.3 Å². The number of halogens is 1. The van der Waals surface area contributed by atoms with Gasteiger partial charge in [0.2, 0.25) is 0 Å². The van der Waals surface area contributed by atoms with Crippen molar-refractivity contribution >= 4 is 17.5 Å². The van der Waals surface area contributed by atoms with Crippen LogP contribution in [0.2, 0.25) is 5.02 Å². The number of carbonyl (C=O) groups excluding carboxylic acids is 1. The molecule has 0 unspecified atom stereocenters. The predicted molar refractivity (Wildman–Crippen MR) is 107 cm³/mol. The summed E-state index contributed by atoms with van der Waals surface area (Å²) in [6, 6.07) is 15.8. The fourth-order valence-electron chi connectivity index (χ4n) is 3.27. The first-order valence-corrected chi connectivity index (χ1v) is 9.43. The number of carbonyl (C=O) groups is 1. The Morgan fingerprint density at radius 1 is 1.04 bits per heavy atom. The van der Waals surface area contributed by atoms with E-state index in [2.05, 4.69) is 34.3 Å². The van der Waals surface area contributed by atoms with Crippen molar-refractivity contribution in [3.63, 3.8) is 0 Å². The zero-order valence-corrected chi connectivity index (χ0v) is 16.2. The van der Waals surface area contributed by atoms with Crippen molar-refractivity contribution in [1.29, 1.82) is 0 Å². The highest BCUT2D eigenvalue weighted by atomic mass is 35.5. The Labute approximate surface area is 160 Å². The van der Waals surface area contributed by atoms with E-state index in [0.717, 1.165) is 36.8 Å². The zero-order valence-electron chi connectivity index (χ0n) is 15.4. The van der Waals surface area contributed by atoms with Crippen LogP contribution < -0.4 is 5.32 Å². The van der Waals surface area contributed by atoms with E-state index in [1.54, 1.807) is 0 Å². The second-order valence-corrected chi connectivity index (χ2v) is 7.42. The third kappa shape index (κ3) is 4.85. The Morgan fingerprint density at radius 3 is 2.27 bits per heavy atom. The van der Waals surface area contributed by atoms with Crippen LogP contribution in [0.4, 0.5) is 0 Å². The maximum absolute atomic E-state index is 12.5. The Balaban J connectivity index is 1.71. The number of benzene rings is 2. The van der Waals surface area contributed by atoms with Gasteiger partial charge in [0, 0.05) is 43.3 Å². The summed E-state index contributed by atoms with van der Waals surface area (Å²) < 4.78 is 0. The summed E-state index contributed by atoms with van der Waals surface area (Å²) >= 11 is 6.05. The monoisotopic (exact) mass is 371 g/mol. The standard InChI is InChI=1S/C21H26ClN3O/c1-16-3-5-18(6-4-16)21(26)23-15-20(17-7-9-19(22)10-8-17)25-13-11-24(2)12-14-25/h3-10,20H,11-15H2,1-2H3,(H,23,26)/t20-/m0/s1. The Hall–Kier alpha value is -1.88. The third-order valence-electron chi connectivity index (χ3n) is 5.00. The lowest BCUT2D eigenvalue weighted by Crippen LogP contribution is -2.48. The fourth-order valence-corrected chi connectivity index (χ4v) is 3.40. The van der Waals surface area contributed by atoms with Gasteiger partial charge in [-0.3, -0.25) is 9.69 Å². The van der Waals surface area contributed by atoms with Crippen molar-refractivity contribution in [3.8, 4) is 0 Å². The second kappa shape index (κ2) is 8.67. The molecule has 1 aliphatic heterocycles. The number of rotatable bonds is 5. The smallest absolute Gasteiger partial charge is 0.251 e. The van der Waals surface area contributed by atoms with Gasteiger partial charge in [-0.1, -0.05) is 41.4 Å². The molecular formula is C21H26ClN3O. The zero-order chi connectivity index (χ0) is 18.5. The minimum atomic E-state index is -0.0295. The van der Waals surface area contributed by atoms with E-state index >= 15 is 0 Å². The Bertz CT molecular complexity index is 722. The molecule has 0 spiro atoms. The molecule has 4 nitrogen and oxygen atoms in total. The van der Waals surface area contributed by atoms with Crippen LogP contribution in [0.15, 0.2) is 48.5 Å².